The molecular formula is C17H16N2O2. The summed E-state index contributed by atoms with van der Waals surface area (Å²) in [5.41, 5.74) is 2.39. The molecule has 0 bridgehead atoms. The number of carbonyl (C=O) groups excluding carboxylic acids is 1. The zero-order valence-corrected chi connectivity index (χ0v) is 11.5. The van der Waals surface area contributed by atoms with E-state index in [1.54, 1.807) is 0 Å². The summed E-state index contributed by atoms with van der Waals surface area (Å²) >= 11 is 0. The van der Waals surface area contributed by atoms with E-state index in [0.29, 0.717) is 12.1 Å². The van der Waals surface area contributed by atoms with Crippen LogP contribution in [-0.2, 0) is 16.1 Å². The van der Waals surface area contributed by atoms with Gasteiger partial charge in [0.15, 0.2) is 0 Å². The van der Waals surface area contributed by atoms with Crippen LogP contribution in [0.4, 0.5) is 5.69 Å². The summed E-state index contributed by atoms with van der Waals surface area (Å²) in [6, 6.07) is 19.4. The first kappa shape index (κ1) is 13.4. The largest absolute Gasteiger partial charge is 0.391 e. The number of oxime groups is 1. The van der Waals surface area contributed by atoms with E-state index in [0.717, 1.165) is 12.1 Å². The van der Waals surface area contributed by atoms with E-state index in [2.05, 4.69) is 10.5 Å². The second-order valence-electron chi connectivity index (χ2n) is 4.98. The maximum atomic E-state index is 12.1. The number of hydrogen-bond acceptors (Lipinski definition) is 3. The van der Waals surface area contributed by atoms with Gasteiger partial charge < -0.3 is 10.2 Å². The van der Waals surface area contributed by atoms with Crippen LogP contribution in [-0.4, -0.2) is 17.7 Å². The minimum atomic E-state index is -0.197. The van der Waals surface area contributed by atoms with Crippen LogP contribution in [0, 0.1) is 0 Å². The van der Waals surface area contributed by atoms with Crippen LogP contribution in [0.1, 0.15) is 12.0 Å². The van der Waals surface area contributed by atoms with Crippen molar-refractivity contribution >= 4 is 17.3 Å². The van der Waals surface area contributed by atoms with E-state index >= 15 is 0 Å². The predicted molar refractivity (Wildman–Crippen MR) is 82.1 cm³/mol. The summed E-state index contributed by atoms with van der Waals surface area (Å²) < 4.78 is 0. The quantitative estimate of drug-likeness (QED) is 0.936. The molecule has 1 unspecified atom stereocenters. The molecule has 21 heavy (non-hydrogen) atoms. The maximum absolute atomic E-state index is 12.1. The number of nitrogens with one attached hydrogen (secondary N) is 1. The Morgan fingerprint density at radius 1 is 1.10 bits per heavy atom. The SMILES string of the molecule is O=C(Nc1ccccc1)C1=NOC(Cc2ccccc2)C1. The van der Waals surface area contributed by atoms with E-state index < -0.39 is 0 Å². The average Bonchev–Trinajstić information content (AvgIpc) is 2.98. The standard InChI is InChI=1S/C17H16N2O2/c20-17(18-14-9-5-2-6-10-14)16-12-15(21-19-16)11-13-7-3-1-4-8-13/h1-10,15H,11-12H2,(H,18,20). The Morgan fingerprint density at radius 2 is 1.76 bits per heavy atom. The minimum Gasteiger partial charge on any atom is -0.391 e. The van der Waals surface area contributed by atoms with Gasteiger partial charge in [-0.05, 0) is 17.7 Å². The van der Waals surface area contributed by atoms with Crippen molar-refractivity contribution in [3.63, 3.8) is 0 Å². The molecule has 1 aliphatic rings. The first-order valence-corrected chi connectivity index (χ1v) is 6.94. The summed E-state index contributed by atoms with van der Waals surface area (Å²) in [7, 11) is 0. The normalized spacial score (nSPS) is 17.0. The van der Waals surface area contributed by atoms with Gasteiger partial charge in [-0.1, -0.05) is 53.7 Å². The van der Waals surface area contributed by atoms with Crippen molar-refractivity contribution < 1.29 is 9.63 Å². The highest BCUT2D eigenvalue weighted by molar-refractivity contribution is 6.43. The summed E-state index contributed by atoms with van der Waals surface area (Å²) in [5, 5.41) is 6.73. The second-order valence-corrected chi connectivity index (χ2v) is 4.98. The van der Waals surface area contributed by atoms with Crippen LogP contribution < -0.4 is 5.32 Å². The van der Waals surface area contributed by atoms with Crippen molar-refractivity contribution in [3.8, 4) is 0 Å². The first-order valence-electron chi connectivity index (χ1n) is 6.94. The molecule has 0 fully saturated rings. The van der Waals surface area contributed by atoms with Gasteiger partial charge in [0.2, 0.25) is 0 Å². The Kier molecular flexibility index (Phi) is 3.96. The third-order valence-electron chi connectivity index (χ3n) is 3.33. The Balaban J connectivity index is 1.55. The Bertz CT molecular complexity index is 638. The number of para-hydroxylation sites is 1. The molecule has 0 radical (unpaired) electrons. The molecule has 0 saturated carbocycles. The van der Waals surface area contributed by atoms with E-state index in [1.165, 1.54) is 5.56 Å². The number of benzene rings is 2. The molecule has 2 aromatic carbocycles. The summed E-state index contributed by atoms with van der Waals surface area (Å²) in [6.45, 7) is 0. The number of hydrogen-bond donors (Lipinski definition) is 1. The van der Waals surface area contributed by atoms with Gasteiger partial charge in [0.1, 0.15) is 11.8 Å². The molecule has 1 heterocycles. The minimum absolute atomic E-state index is 0.0658. The van der Waals surface area contributed by atoms with Crippen molar-refractivity contribution in [1.82, 2.24) is 0 Å². The van der Waals surface area contributed by atoms with Crippen LogP contribution in [0.3, 0.4) is 0 Å². The van der Waals surface area contributed by atoms with Crippen molar-refractivity contribution in [1.29, 1.82) is 0 Å². The van der Waals surface area contributed by atoms with Gasteiger partial charge in [-0.15, -0.1) is 0 Å². The van der Waals surface area contributed by atoms with Crippen LogP contribution in [0.2, 0.25) is 0 Å². The van der Waals surface area contributed by atoms with Gasteiger partial charge in [0.25, 0.3) is 5.91 Å². The molecule has 0 aliphatic carbocycles. The number of amides is 1. The van der Waals surface area contributed by atoms with Gasteiger partial charge in [-0.2, -0.15) is 0 Å². The van der Waals surface area contributed by atoms with Crippen LogP contribution in [0.15, 0.2) is 65.8 Å². The molecule has 3 rings (SSSR count). The molecule has 2 aromatic rings. The molecule has 4 heteroatoms. The van der Waals surface area contributed by atoms with Gasteiger partial charge in [-0.25, -0.2) is 0 Å². The summed E-state index contributed by atoms with van der Waals surface area (Å²) in [6.07, 6.45) is 1.23. The number of rotatable bonds is 4. The molecule has 1 N–H and O–H groups in total. The molecule has 106 valence electrons. The van der Waals surface area contributed by atoms with Gasteiger partial charge >= 0.3 is 0 Å². The fraction of sp³-hybridized carbons (Fsp3) is 0.176. The van der Waals surface area contributed by atoms with Crippen LogP contribution in [0.25, 0.3) is 0 Å². The van der Waals surface area contributed by atoms with E-state index in [9.17, 15) is 4.79 Å². The molecule has 4 nitrogen and oxygen atoms in total. The molecule has 0 aromatic heterocycles. The van der Waals surface area contributed by atoms with Crippen molar-refractivity contribution in [2.75, 3.05) is 5.32 Å². The van der Waals surface area contributed by atoms with Gasteiger partial charge in [-0.3, -0.25) is 4.79 Å². The highest BCUT2D eigenvalue weighted by Gasteiger charge is 2.26. The third-order valence-corrected chi connectivity index (χ3v) is 3.33. The Labute approximate surface area is 123 Å². The van der Waals surface area contributed by atoms with Crippen molar-refractivity contribution in [3.05, 3.63) is 66.2 Å². The second kappa shape index (κ2) is 6.22. The van der Waals surface area contributed by atoms with Crippen molar-refractivity contribution in [2.45, 2.75) is 18.9 Å². The monoisotopic (exact) mass is 280 g/mol. The Hall–Kier alpha value is -2.62. The van der Waals surface area contributed by atoms with E-state index in [1.807, 2.05) is 60.7 Å². The predicted octanol–water partition coefficient (Wildman–Crippen LogP) is 3.01. The topological polar surface area (TPSA) is 50.7 Å². The Morgan fingerprint density at radius 3 is 2.48 bits per heavy atom. The fourth-order valence-corrected chi connectivity index (χ4v) is 2.27. The molecule has 0 saturated heterocycles. The van der Waals surface area contributed by atoms with Crippen LogP contribution in [0.5, 0.6) is 0 Å². The zero-order valence-electron chi connectivity index (χ0n) is 11.5. The lowest BCUT2D eigenvalue weighted by Crippen LogP contribution is -2.23. The number of anilines is 1. The van der Waals surface area contributed by atoms with Crippen LogP contribution >= 0.6 is 0 Å². The lowest BCUT2D eigenvalue weighted by Gasteiger charge is -2.07. The molecule has 1 atom stereocenters. The van der Waals surface area contributed by atoms with Gasteiger partial charge in [0, 0.05) is 18.5 Å². The van der Waals surface area contributed by atoms with Crippen molar-refractivity contribution in [2.24, 2.45) is 5.16 Å². The number of carbonyl (C=O) groups is 1. The number of nitrogens with zero attached hydrogens (tertiary/aromatic N) is 1. The van der Waals surface area contributed by atoms with Gasteiger partial charge in [0.05, 0.1) is 0 Å². The summed E-state index contributed by atoms with van der Waals surface area (Å²) in [5.74, 6) is -0.197. The molecule has 0 spiro atoms. The van der Waals surface area contributed by atoms with E-state index in [-0.39, 0.29) is 12.0 Å². The maximum Gasteiger partial charge on any atom is 0.273 e. The molecule has 1 aliphatic heterocycles. The smallest absolute Gasteiger partial charge is 0.273 e. The summed E-state index contributed by atoms with van der Waals surface area (Å²) in [4.78, 5) is 17.4. The lowest BCUT2D eigenvalue weighted by molar-refractivity contribution is -0.110. The highest BCUT2D eigenvalue weighted by atomic mass is 16.6. The lowest BCUT2D eigenvalue weighted by atomic mass is 10.0. The third kappa shape index (κ3) is 3.48. The average molecular weight is 280 g/mol. The zero-order chi connectivity index (χ0) is 14.5. The first-order chi connectivity index (χ1) is 10.3. The fourth-order valence-electron chi connectivity index (χ4n) is 2.27. The molecular weight excluding hydrogens is 264 g/mol. The van der Waals surface area contributed by atoms with E-state index in [4.69, 9.17) is 4.84 Å². The highest BCUT2D eigenvalue weighted by Crippen LogP contribution is 2.17. The molecule has 1 amide bonds.